The van der Waals surface area contributed by atoms with Crippen LogP contribution in [-0.4, -0.2) is 19.1 Å². The topological polar surface area (TPSA) is 48.8 Å². The van der Waals surface area contributed by atoms with Crippen LogP contribution in [0.3, 0.4) is 0 Å². The minimum atomic E-state index is 0.603. The number of aromatic nitrogens is 4. The third-order valence-corrected chi connectivity index (χ3v) is 11.4. The summed E-state index contributed by atoms with van der Waals surface area (Å²) in [6, 6.07) is 68.6. The highest BCUT2D eigenvalue weighted by molar-refractivity contribution is 6.13. The highest BCUT2D eigenvalue weighted by Gasteiger charge is 2.22. The molecule has 12 rings (SSSR count). The molecule has 0 saturated carbocycles. The van der Waals surface area contributed by atoms with Gasteiger partial charge in [0.1, 0.15) is 16.8 Å². The number of hydrogen-bond donors (Lipinski definition) is 0. The molecular weight excluding hydrogens is 697 g/mol. The molecule has 0 unspecified atom stereocenters. The molecule has 0 aliphatic heterocycles. The van der Waals surface area contributed by atoms with Crippen LogP contribution in [0.2, 0.25) is 0 Å². The minimum Gasteiger partial charge on any atom is -0.452 e. The zero-order valence-corrected chi connectivity index (χ0v) is 30.7. The van der Waals surface area contributed by atoms with Gasteiger partial charge in [0.2, 0.25) is 5.95 Å². The average Bonchev–Trinajstić information content (AvgIpc) is 3.94. The van der Waals surface area contributed by atoms with Crippen molar-refractivity contribution in [2.45, 2.75) is 0 Å². The second-order valence-corrected chi connectivity index (χ2v) is 14.6. The molecule has 8 aromatic carbocycles. The van der Waals surface area contributed by atoms with Gasteiger partial charge in [0, 0.05) is 38.2 Å². The van der Waals surface area contributed by atoms with Crippen LogP contribution in [0, 0.1) is 0 Å². The van der Waals surface area contributed by atoms with Crippen LogP contribution in [-0.2, 0) is 0 Å². The molecule has 0 radical (unpaired) electrons. The van der Waals surface area contributed by atoms with Crippen molar-refractivity contribution in [3.05, 3.63) is 194 Å². The Kier molecular flexibility index (Phi) is 6.86. The summed E-state index contributed by atoms with van der Waals surface area (Å²) in [7, 11) is 0. The van der Waals surface area contributed by atoms with E-state index in [-0.39, 0.29) is 0 Å². The lowest BCUT2D eigenvalue weighted by Crippen LogP contribution is -2.03. The summed E-state index contributed by atoms with van der Waals surface area (Å²) < 4.78 is 11.1. The summed E-state index contributed by atoms with van der Waals surface area (Å²) in [5.41, 5.74) is 14.2. The van der Waals surface area contributed by atoms with Crippen molar-refractivity contribution < 1.29 is 4.42 Å². The van der Waals surface area contributed by atoms with Gasteiger partial charge < -0.3 is 8.98 Å². The Morgan fingerprint density at radius 2 is 0.842 bits per heavy atom. The van der Waals surface area contributed by atoms with E-state index in [4.69, 9.17) is 14.4 Å². The van der Waals surface area contributed by atoms with E-state index in [0.29, 0.717) is 11.5 Å². The van der Waals surface area contributed by atoms with Gasteiger partial charge in [-0.3, -0.25) is 4.57 Å². The predicted octanol–water partition coefficient (Wildman–Crippen LogP) is 13.6. The Bertz CT molecular complexity index is 3500. The summed E-state index contributed by atoms with van der Waals surface area (Å²) in [6.45, 7) is 0. The molecule has 5 nitrogen and oxygen atoms in total. The van der Waals surface area contributed by atoms with Gasteiger partial charge in [0.05, 0.1) is 22.1 Å². The number of furan rings is 1. The Hall–Kier alpha value is -7.76. The van der Waals surface area contributed by atoms with Crippen LogP contribution in [0.5, 0.6) is 0 Å². The van der Waals surface area contributed by atoms with Crippen molar-refractivity contribution in [1.29, 1.82) is 0 Å². The zero-order valence-electron chi connectivity index (χ0n) is 30.7. The quantitative estimate of drug-likeness (QED) is 0.177. The van der Waals surface area contributed by atoms with Crippen LogP contribution in [0.4, 0.5) is 0 Å². The van der Waals surface area contributed by atoms with E-state index in [1.54, 1.807) is 0 Å². The number of para-hydroxylation sites is 3. The first-order valence-electron chi connectivity index (χ1n) is 19.2. The fourth-order valence-electron chi connectivity index (χ4n) is 8.70. The molecule has 0 fully saturated rings. The Labute approximate surface area is 327 Å². The van der Waals surface area contributed by atoms with Crippen molar-refractivity contribution in [1.82, 2.24) is 19.1 Å². The van der Waals surface area contributed by atoms with Crippen molar-refractivity contribution in [2.24, 2.45) is 0 Å². The summed E-state index contributed by atoms with van der Waals surface area (Å²) in [6.07, 6.45) is 0. The first-order chi connectivity index (χ1) is 28.3. The van der Waals surface area contributed by atoms with Crippen LogP contribution in [0.15, 0.2) is 199 Å². The molecule has 4 aromatic heterocycles. The van der Waals surface area contributed by atoms with Crippen molar-refractivity contribution in [3.8, 4) is 45.1 Å². The molecule has 0 spiro atoms. The normalized spacial score (nSPS) is 11.9. The van der Waals surface area contributed by atoms with Crippen molar-refractivity contribution in [2.75, 3.05) is 0 Å². The second kappa shape index (κ2) is 12.4. The van der Waals surface area contributed by atoms with E-state index < -0.39 is 0 Å². The minimum absolute atomic E-state index is 0.603. The molecule has 0 N–H and O–H groups in total. The summed E-state index contributed by atoms with van der Waals surface area (Å²) in [5, 5.41) is 5.71. The number of nitrogens with zero attached hydrogens (tertiary/aromatic N) is 4. The number of fused-ring (bicyclic) bond motifs is 9. The average molecular weight is 729 g/mol. The predicted molar refractivity (Wildman–Crippen MR) is 234 cm³/mol. The Morgan fingerprint density at radius 1 is 0.351 bits per heavy atom. The molecule has 12 aromatic rings. The lowest BCUT2D eigenvalue weighted by atomic mass is 10.0. The third kappa shape index (κ3) is 4.89. The molecule has 0 aliphatic rings. The van der Waals surface area contributed by atoms with Gasteiger partial charge >= 0.3 is 0 Å². The molecular formula is C52H32N4O. The van der Waals surface area contributed by atoms with Gasteiger partial charge in [-0.25, -0.2) is 9.97 Å². The highest BCUT2D eigenvalue weighted by atomic mass is 16.3. The fourth-order valence-corrected chi connectivity index (χ4v) is 8.70. The molecule has 0 aliphatic carbocycles. The van der Waals surface area contributed by atoms with Gasteiger partial charge in [0.15, 0.2) is 5.58 Å². The lowest BCUT2D eigenvalue weighted by molar-refractivity contribution is 0.666. The van der Waals surface area contributed by atoms with Crippen LogP contribution in [0.25, 0.3) is 111 Å². The van der Waals surface area contributed by atoms with Gasteiger partial charge in [-0.05, 0) is 70.8 Å². The summed E-state index contributed by atoms with van der Waals surface area (Å²) in [4.78, 5) is 10.6. The van der Waals surface area contributed by atoms with E-state index in [2.05, 4.69) is 167 Å². The van der Waals surface area contributed by atoms with E-state index in [0.717, 1.165) is 71.9 Å². The zero-order chi connectivity index (χ0) is 37.5. The van der Waals surface area contributed by atoms with Gasteiger partial charge in [-0.15, -0.1) is 0 Å². The SMILES string of the molecule is c1ccc(-c2ccc(-n3c4ccccc4c4ccc(-c5ccc6c7ccccc7n(-c7nc(-c8ccccc8)c8oc9ccccc9c8n7)c6c5)cc43)cc2)cc1. The highest BCUT2D eigenvalue weighted by Crippen LogP contribution is 2.40. The fraction of sp³-hybridized carbons (Fsp3) is 0. The maximum atomic E-state index is 6.45. The van der Waals surface area contributed by atoms with Crippen molar-refractivity contribution in [3.63, 3.8) is 0 Å². The first-order valence-corrected chi connectivity index (χ1v) is 19.2. The molecule has 266 valence electrons. The first kappa shape index (κ1) is 31.6. The Balaban J connectivity index is 1.07. The number of benzene rings is 8. The van der Waals surface area contributed by atoms with Gasteiger partial charge in [-0.2, -0.15) is 0 Å². The smallest absolute Gasteiger partial charge is 0.236 e. The molecule has 0 saturated heterocycles. The summed E-state index contributed by atoms with van der Waals surface area (Å²) in [5.74, 6) is 0.603. The maximum Gasteiger partial charge on any atom is 0.236 e. The van der Waals surface area contributed by atoms with E-state index in [1.165, 1.54) is 27.4 Å². The second-order valence-electron chi connectivity index (χ2n) is 14.6. The largest absolute Gasteiger partial charge is 0.452 e. The maximum absolute atomic E-state index is 6.45. The van der Waals surface area contributed by atoms with E-state index in [9.17, 15) is 0 Å². The van der Waals surface area contributed by atoms with E-state index >= 15 is 0 Å². The molecule has 57 heavy (non-hydrogen) atoms. The Morgan fingerprint density at radius 3 is 1.51 bits per heavy atom. The molecule has 4 heterocycles. The van der Waals surface area contributed by atoms with Gasteiger partial charge in [0.25, 0.3) is 0 Å². The molecule has 0 atom stereocenters. The van der Waals surface area contributed by atoms with E-state index in [1.807, 2.05) is 36.4 Å². The third-order valence-electron chi connectivity index (χ3n) is 11.4. The standard InChI is InChI=1S/C52H32N4O/c1-3-13-33(14-4-1)34-23-27-38(28-24-34)55-44-20-10-7-17-39(44)41-29-25-36(31-46(41)55)37-26-30-42-40-18-8-11-21-45(40)56(47(42)32-37)52-53-49(35-15-5-2-6-16-35)51-50(54-52)43-19-9-12-22-48(43)57-51/h1-32H. The van der Waals surface area contributed by atoms with Crippen LogP contribution in [0.1, 0.15) is 0 Å². The van der Waals surface area contributed by atoms with Crippen molar-refractivity contribution >= 4 is 65.7 Å². The molecule has 0 amide bonds. The lowest BCUT2D eigenvalue weighted by Gasteiger charge is -2.11. The van der Waals surface area contributed by atoms with Gasteiger partial charge in [-0.1, -0.05) is 146 Å². The monoisotopic (exact) mass is 728 g/mol. The number of rotatable bonds is 5. The molecule has 5 heteroatoms. The van der Waals surface area contributed by atoms with Crippen LogP contribution >= 0.6 is 0 Å². The van der Waals surface area contributed by atoms with Crippen LogP contribution < -0.4 is 0 Å². The molecule has 0 bridgehead atoms. The number of hydrogen-bond acceptors (Lipinski definition) is 3. The summed E-state index contributed by atoms with van der Waals surface area (Å²) >= 11 is 0.